The van der Waals surface area contributed by atoms with E-state index in [1.807, 2.05) is 52.3 Å². The summed E-state index contributed by atoms with van der Waals surface area (Å²) < 4.78 is 5.63. The number of amides is 1. The summed E-state index contributed by atoms with van der Waals surface area (Å²) in [7, 11) is 5.88. The van der Waals surface area contributed by atoms with Crippen LogP contribution in [0.15, 0.2) is 24.3 Å². The maximum atomic E-state index is 11.8. The molecule has 0 saturated carbocycles. The number of ether oxygens (including phenoxy) is 1. The van der Waals surface area contributed by atoms with Gasteiger partial charge in [-0.15, -0.1) is 24.8 Å². The van der Waals surface area contributed by atoms with E-state index in [0.29, 0.717) is 19.7 Å². The highest BCUT2D eigenvalue weighted by atomic mass is 35.5. The first-order valence-corrected chi connectivity index (χ1v) is 7.31. The highest BCUT2D eigenvalue weighted by molar-refractivity contribution is 5.85. The van der Waals surface area contributed by atoms with Crippen LogP contribution in [-0.2, 0) is 11.3 Å². The smallest absolute Gasteiger partial charge is 0.224 e. The van der Waals surface area contributed by atoms with E-state index in [1.54, 1.807) is 0 Å². The largest absolute Gasteiger partial charge is 0.492 e. The summed E-state index contributed by atoms with van der Waals surface area (Å²) in [5.74, 6) is 0.898. The molecule has 1 unspecified atom stereocenters. The van der Waals surface area contributed by atoms with Crippen molar-refractivity contribution >= 4 is 30.7 Å². The van der Waals surface area contributed by atoms with Crippen molar-refractivity contribution in [3.63, 3.8) is 0 Å². The van der Waals surface area contributed by atoms with Crippen LogP contribution in [0.4, 0.5) is 0 Å². The minimum atomic E-state index is -0.0244. The molecular formula is C16H29Cl2N3O2. The molecule has 1 amide bonds. The molecule has 0 spiro atoms. The number of hydrogen-bond acceptors (Lipinski definition) is 4. The topological polar surface area (TPSA) is 53.6 Å². The minimum absolute atomic E-state index is 0. The van der Waals surface area contributed by atoms with Gasteiger partial charge in [0.25, 0.3) is 0 Å². The second kappa shape index (κ2) is 13.4. The number of benzene rings is 1. The molecule has 23 heavy (non-hydrogen) atoms. The Morgan fingerprint density at radius 2 is 1.83 bits per heavy atom. The molecule has 1 atom stereocenters. The zero-order chi connectivity index (χ0) is 15.7. The van der Waals surface area contributed by atoms with Crippen molar-refractivity contribution in [3.8, 4) is 5.75 Å². The number of carbonyl (C=O) groups is 1. The van der Waals surface area contributed by atoms with Gasteiger partial charge in [-0.1, -0.05) is 19.1 Å². The number of likely N-dealkylation sites (N-methyl/N-ethyl adjacent to an activating group) is 1. The molecule has 0 aromatic heterocycles. The van der Waals surface area contributed by atoms with Crippen LogP contribution in [0.3, 0.4) is 0 Å². The summed E-state index contributed by atoms with van der Waals surface area (Å²) in [5.41, 5.74) is 1.07. The van der Waals surface area contributed by atoms with Gasteiger partial charge in [0.15, 0.2) is 0 Å². The lowest BCUT2D eigenvalue weighted by atomic mass is 10.1. The van der Waals surface area contributed by atoms with E-state index >= 15 is 0 Å². The van der Waals surface area contributed by atoms with Gasteiger partial charge in [0.1, 0.15) is 12.4 Å². The molecule has 1 rings (SSSR count). The molecule has 5 nitrogen and oxygen atoms in total. The average molecular weight is 366 g/mol. The van der Waals surface area contributed by atoms with E-state index in [1.165, 1.54) is 0 Å². The SMILES string of the molecule is CNCC(C)C(=O)NCc1ccc(OCCN(C)C)cc1.Cl.Cl. The molecule has 0 bridgehead atoms. The van der Waals surface area contributed by atoms with Crippen LogP contribution in [0.2, 0.25) is 0 Å². The van der Waals surface area contributed by atoms with Crippen molar-refractivity contribution in [2.45, 2.75) is 13.5 Å². The van der Waals surface area contributed by atoms with Crippen molar-refractivity contribution < 1.29 is 9.53 Å². The van der Waals surface area contributed by atoms with Crippen molar-refractivity contribution in [2.75, 3.05) is 40.8 Å². The van der Waals surface area contributed by atoms with Gasteiger partial charge >= 0.3 is 0 Å². The average Bonchev–Trinajstić information content (AvgIpc) is 2.46. The van der Waals surface area contributed by atoms with Crippen LogP contribution in [0, 0.1) is 5.92 Å². The highest BCUT2D eigenvalue weighted by Gasteiger charge is 2.10. The fourth-order valence-electron chi connectivity index (χ4n) is 1.81. The quantitative estimate of drug-likeness (QED) is 0.702. The molecular weight excluding hydrogens is 337 g/mol. The van der Waals surface area contributed by atoms with Crippen LogP contribution in [0.25, 0.3) is 0 Å². The van der Waals surface area contributed by atoms with E-state index in [0.717, 1.165) is 17.9 Å². The number of nitrogens with zero attached hydrogens (tertiary/aromatic N) is 1. The molecule has 0 aliphatic carbocycles. The van der Waals surface area contributed by atoms with Crippen molar-refractivity contribution in [1.29, 1.82) is 0 Å². The zero-order valence-electron chi connectivity index (χ0n) is 14.3. The first-order chi connectivity index (χ1) is 10.0. The molecule has 0 aliphatic heterocycles. The second-order valence-corrected chi connectivity index (χ2v) is 5.47. The van der Waals surface area contributed by atoms with Gasteiger partial charge < -0.3 is 20.3 Å². The molecule has 134 valence electrons. The minimum Gasteiger partial charge on any atom is -0.492 e. The summed E-state index contributed by atoms with van der Waals surface area (Å²) >= 11 is 0. The van der Waals surface area contributed by atoms with Crippen LogP contribution in [0.1, 0.15) is 12.5 Å². The van der Waals surface area contributed by atoms with Gasteiger partial charge in [-0.2, -0.15) is 0 Å². The Balaban J connectivity index is 0. The molecule has 0 heterocycles. The summed E-state index contributed by atoms with van der Waals surface area (Å²) in [6.45, 7) is 4.70. The Morgan fingerprint density at radius 1 is 1.22 bits per heavy atom. The summed E-state index contributed by atoms with van der Waals surface area (Å²) in [5, 5.41) is 5.94. The number of rotatable bonds is 9. The van der Waals surface area contributed by atoms with Crippen molar-refractivity contribution in [2.24, 2.45) is 5.92 Å². The third-order valence-corrected chi connectivity index (χ3v) is 3.16. The molecule has 1 aromatic rings. The van der Waals surface area contributed by atoms with Gasteiger partial charge in [-0.25, -0.2) is 0 Å². The van der Waals surface area contributed by atoms with Gasteiger partial charge in [0, 0.05) is 25.6 Å². The van der Waals surface area contributed by atoms with Crippen molar-refractivity contribution in [3.05, 3.63) is 29.8 Å². The molecule has 0 aliphatic rings. The zero-order valence-corrected chi connectivity index (χ0v) is 15.9. The Labute approximate surface area is 152 Å². The lowest BCUT2D eigenvalue weighted by Gasteiger charge is -2.13. The predicted molar refractivity (Wildman–Crippen MR) is 99.9 cm³/mol. The Hall–Kier alpha value is -1.01. The molecule has 2 N–H and O–H groups in total. The summed E-state index contributed by atoms with van der Waals surface area (Å²) in [6, 6.07) is 7.84. The van der Waals surface area contributed by atoms with E-state index in [9.17, 15) is 4.79 Å². The lowest BCUT2D eigenvalue weighted by molar-refractivity contribution is -0.124. The van der Waals surface area contributed by atoms with Gasteiger partial charge in [-0.3, -0.25) is 4.79 Å². The summed E-state index contributed by atoms with van der Waals surface area (Å²) in [6.07, 6.45) is 0. The molecule has 1 aromatic carbocycles. The third kappa shape index (κ3) is 10.4. The number of carbonyl (C=O) groups excluding carboxylic acids is 1. The lowest BCUT2D eigenvalue weighted by Crippen LogP contribution is -2.33. The molecule has 7 heteroatoms. The van der Waals surface area contributed by atoms with Gasteiger partial charge in [0.2, 0.25) is 5.91 Å². The highest BCUT2D eigenvalue weighted by Crippen LogP contribution is 2.12. The van der Waals surface area contributed by atoms with E-state index < -0.39 is 0 Å². The van der Waals surface area contributed by atoms with E-state index in [4.69, 9.17) is 4.74 Å². The van der Waals surface area contributed by atoms with Crippen LogP contribution in [-0.4, -0.2) is 51.6 Å². The van der Waals surface area contributed by atoms with E-state index in [2.05, 4.69) is 15.5 Å². The number of hydrogen-bond donors (Lipinski definition) is 2. The standard InChI is InChI=1S/C16H27N3O2.2ClH/c1-13(11-17-2)16(20)18-12-14-5-7-15(8-6-14)21-10-9-19(3)4;;/h5-8,13,17H,9-12H2,1-4H3,(H,18,20);2*1H. The molecule has 0 saturated heterocycles. The Kier molecular flexibility index (Phi) is 14.2. The van der Waals surface area contributed by atoms with Crippen LogP contribution in [0.5, 0.6) is 5.75 Å². The van der Waals surface area contributed by atoms with Gasteiger partial charge in [0.05, 0.1) is 0 Å². The van der Waals surface area contributed by atoms with Crippen LogP contribution >= 0.6 is 24.8 Å². The monoisotopic (exact) mass is 365 g/mol. The second-order valence-electron chi connectivity index (χ2n) is 5.47. The van der Waals surface area contributed by atoms with Gasteiger partial charge in [-0.05, 0) is 38.8 Å². The predicted octanol–water partition coefficient (Wildman–Crippen LogP) is 1.94. The normalized spacial score (nSPS) is 11.2. The van der Waals surface area contributed by atoms with Crippen LogP contribution < -0.4 is 15.4 Å². The number of halogens is 2. The van der Waals surface area contributed by atoms with E-state index in [-0.39, 0.29) is 36.6 Å². The van der Waals surface area contributed by atoms with Crippen molar-refractivity contribution in [1.82, 2.24) is 15.5 Å². The number of nitrogens with one attached hydrogen (secondary N) is 2. The molecule has 0 radical (unpaired) electrons. The third-order valence-electron chi connectivity index (χ3n) is 3.16. The fraction of sp³-hybridized carbons (Fsp3) is 0.562. The Bertz CT molecular complexity index is 428. The summed E-state index contributed by atoms with van der Waals surface area (Å²) in [4.78, 5) is 13.9. The maximum Gasteiger partial charge on any atom is 0.224 e. The maximum absolute atomic E-state index is 11.8. The first kappa shape index (κ1) is 24.2. The Morgan fingerprint density at radius 3 is 2.35 bits per heavy atom. The first-order valence-electron chi connectivity index (χ1n) is 7.31. The molecule has 0 fully saturated rings. The fourth-order valence-corrected chi connectivity index (χ4v) is 1.81.